The summed E-state index contributed by atoms with van der Waals surface area (Å²) in [7, 11) is 1.56. The topological polar surface area (TPSA) is 81.7 Å². The van der Waals surface area contributed by atoms with Crippen molar-refractivity contribution in [1.29, 1.82) is 0 Å². The van der Waals surface area contributed by atoms with Crippen LogP contribution < -0.4 is 10.1 Å². The highest BCUT2D eigenvalue weighted by atomic mass is 16.5. The standard InChI is InChI=1S/C22H25NO5/c1-4-28-22(26)14-21(25)23-19(16-9-11-18(27-3)12-10-16)13-20(24)17-7-5-15(2)6-8-17/h5-12,19H,4,13-14H2,1-3H3,(H,23,25). The molecule has 0 bridgehead atoms. The Kier molecular flexibility index (Phi) is 7.75. The zero-order valence-corrected chi connectivity index (χ0v) is 16.4. The van der Waals surface area contributed by atoms with Crippen molar-refractivity contribution in [3.05, 3.63) is 65.2 Å². The fourth-order valence-electron chi connectivity index (χ4n) is 2.72. The number of carbonyl (C=O) groups excluding carboxylic acids is 3. The van der Waals surface area contributed by atoms with Gasteiger partial charge in [-0.05, 0) is 31.5 Å². The van der Waals surface area contributed by atoms with Crippen LogP contribution in [-0.2, 0) is 14.3 Å². The summed E-state index contributed by atoms with van der Waals surface area (Å²) >= 11 is 0. The largest absolute Gasteiger partial charge is 0.497 e. The predicted molar refractivity (Wildman–Crippen MR) is 105 cm³/mol. The summed E-state index contributed by atoms with van der Waals surface area (Å²) in [5, 5.41) is 2.77. The quantitative estimate of drug-likeness (QED) is 0.408. The second-order valence-corrected chi connectivity index (χ2v) is 6.37. The molecule has 0 saturated heterocycles. The highest BCUT2D eigenvalue weighted by molar-refractivity contribution is 5.98. The molecule has 6 nitrogen and oxygen atoms in total. The van der Waals surface area contributed by atoms with Crippen molar-refractivity contribution in [3.63, 3.8) is 0 Å². The van der Waals surface area contributed by atoms with E-state index < -0.39 is 17.9 Å². The molecule has 0 heterocycles. The van der Waals surface area contributed by atoms with Gasteiger partial charge in [0.15, 0.2) is 5.78 Å². The number of nitrogens with one attached hydrogen (secondary N) is 1. The fourth-order valence-corrected chi connectivity index (χ4v) is 2.72. The number of methoxy groups -OCH3 is 1. The lowest BCUT2D eigenvalue weighted by atomic mass is 9.97. The maximum atomic E-state index is 12.7. The van der Waals surface area contributed by atoms with Crippen molar-refractivity contribution >= 4 is 17.7 Å². The Bertz CT molecular complexity index is 812. The van der Waals surface area contributed by atoms with Crippen LogP contribution >= 0.6 is 0 Å². The smallest absolute Gasteiger partial charge is 0.315 e. The van der Waals surface area contributed by atoms with Gasteiger partial charge in [0.25, 0.3) is 0 Å². The summed E-state index contributed by atoms with van der Waals surface area (Å²) in [6.07, 6.45) is -0.316. The second-order valence-electron chi connectivity index (χ2n) is 6.37. The predicted octanol–water partition coefficient (Wildman–Crippen LogP) is 3.39. The lowest BCUT2D eigenvalue weighted by Gasteiger charge is -2.19. The SMILES string of the molecule is CCOC(=O)CC(=O)NC(CC(=O)c1ccc(C)cc1)c1ccc(OC)cc1. The maximum absolute atomic E-state index is 12.7. The van der Waals surface area contributed by atoms with Gasteiger partial charge in [-0.15, -0.1) is 0 Å². The van der Waals surface area contributed by atoms with Crippen LogP contribution in [0.25, 0.3) is 0 Å². The number of ether oxygens (including phenoxy) is 2. The van der Waals surface area contributed by atoms with E-state index in [4.69, 9.17) is 9.47 Å². The van der Waals surface area contributed by atoms with Gasteiger partial charge in [-0.1, -0.05) is 42.0 Å². The molecule has 1 amide bonds. The lowest BCUT2D eigenvalue weighted by Crippen LogP contribution is -2.32. The molecule has 0 aliphatic heterocycles. The zero-order chi connectivity index (χ0) is 20.5. The summed E-state index contributed by atoms with van der Waals surface area (Å²) in [4.78, 5) is 36.5. The number of hydrogen-bond donors (Lipinski definition) is 1. The number of ketones is 1. The highest BCUT2D eigenvalue weighted by Crippen LogP contribution is 2.22. The molecule has 148 valence electrons. The Morgan fingerprint density at radius 1 is 1.00 bits per heavy atom. The first kappa shape index (κ1) is 21.2. The minimum atomic E-state index is -0.599. The van der Waals surface area contributed by atoms with Crippen LogP contribution in [0.15, 0.2) is 48.5 Å². The van der Waals surface area contributed by atoms with Gasteiger partial charge in [0.1, 0.15) is 12.2 Å². The Hall–Kier alpha value is -3.15. The molecule has 0 saturated carbocycles. The zero-order valence-electron chi connectivity index (χ0n) is 16.4. The van der Waals surface area contributed by atoms with Gasteiger partial charge in [-0.25, -0.2) is 0 Å². The third-order valence-corrected chi connectivity index (χ3v) is 4.23. The van der Waals surface area contributed by atoms with Gasteiger partial charge in [0.2, 0.25) is 5.91 Å². The summed E-state index contributed by atoms with van der Waals surface area (Å²) in [5.74, 6) is -0.517. The van der Waals surface area contributed by atoms with E-state index in [9.17, 15) is 14.4 Å². The number of esters is 1. The maximum Gasteiger partial charge on any atom is 0.315 e. The molecule has 1 unspecified atom stereocenters. The normalized spacial score (nSPS) is 11.4. The first-order valence-corrected chi connectivity index (χ1v) is 9.11. The summed E-state index contributed by atoms with van der Waals surface area (Å²) in [6, 6.07) is 13.8. The average molecular weight is 383 g/mol. The monoisotopic (exact) mass is 383 g/mol. The van der Waals surface area contributed by atoms with E-state index in [1.165, 1.54) is 0 Å². The van der Waals surface area contributed by atoms with Crippen LogP contribution in [0, 0.1) is 6.92 Å². The van der Waals surface area contributed by atoms with Gasteiger partial charge in [-0.3, -0.25) is 14.4 Å². The van der Waals surface area contributed by atoms with Crippen LogP contribution in [-0.4, -0.2) is 31.4 Å². The van der Waals surface area contributed by atoms with Crippen molar-refractivity contribution < 1.29 is 23.9 Å². The molecule has 2 aromatic carbocycles. The number of amides is 1. The van der Waals surface area contributed by atoms with Crippen LogP contribution in [0.1, 0.15) is 47.3 Å². The summed E-state index contributed by atoms with van der Waals surface area (Å²) in [6.45, 7) is 3.83. The number of benzene rings is 2. The van der Waals surface area contributed by atoms with E-state index in [0.29, 0.717) is 11.3 Å². The number of carbonyl (C=O) groups is 3. The molecule has 6 heteroatoms. The second kappa shape index (κ2) is 10.3. The van der Waals surface area contributed by atoms with Gasteiger partial charge < -0.3 is 14.8 Å². The third-order valence-electron chi connectivity index (χ3n) is 4.23. The van der Waals surface area contributed by atoms with Crippen molar-refractivity contribution in [2.45, 2.75) is 32.7 Å². The van der Waals surface area contributed by atoms with Crippen molar-refractivity contribution in [2.75, 3.05) is 13.7 Å². The minimum absolute atomic E-state index is 0.0734. The molecule has 2 rings (SSSR count). The number of Topliss-reactive ketones (excluding diaryl/α,β-unsaturated/α-hetero) is 1. The Morgan fingerprint density at radius 2 is 1.64 bits per heavy atom. The molecule has 28 heavy (non-hydrogen) atoms. The van der Waals surface area contributed by atoms with E-state index in [1.807, 2.05) is 19.1 Å². The van der Waals surface area contributed by atoms with Gasteiger partial charge in [0, 0.05) is 12.0 Å². The summed E-state index contributed by atoms with van der Waals surface area (Å²) in [5.41, 5.74) is 2.38. The molecule has 1 N–H and O–H groups in total. The third kappa shape index (κ3) is 6.23. The van der Waals surface area contributed by atoms with Gasteiger partial charge in [0.05, 0.1) is 19.8 Å². The lowest BCUT2D eigenvalue weighted by molar-refractivity contribution is -0.146. The van der Waals surface area contributed by atoms with E-state index >= 15 is 0 Å². The Morgan fingerprint density at radius 3 is 2.21 bits per heavy atom. The average Bonchev–Trinajstić information content (AvgIpc) is 2.68. The van der Waals surface area contributed by atoms with E-state index in [0.717, 1.165) is 11.1 Å². The summed E-state index contributed by atoms with van der Waals surface area (Å²) < 4.78 is 9.96. The number of rotatable bonds is 9. The van der Waals surface area contributed by atoms with E-state index in [2.05, 4.69) is 5.32 Å². The molecule has 0 aromatic heterocycles. The first-order valence-electron chi connectivity index (χ1n) is 9.11. The number of aryl methyl sites for hydroxylation is 1. The van der Waals surface area contributed by atoms with Crippen LogP contribution in [0.5, 0.6) is 5.75 Å². The van der Waals surface area contributed by atoms with E-state index in [-0.39, 0.29) is 25.2 Å². The van der Waals surface area contributed by atoms with E-state index in [1.54, 1.807) is 50.4 Å². The van der Waals surface area contributed by atoms with Crippen molar-refractivity contribution in [2.24, 2.45) is 0 Å². The highest BCUT2D eigenvalue weighted by Gasteiger charge is 2.21. The minimum Gasteiger partial charge on any atom is -0.497 e. The first-order chi connectivity index (χ1) is 13.4. The molecule has 0 radical (unpaired) electrons. The molecule has 1 atom stereocenters. The molecule has 2 aromatic rings. The van der Waals surface area contributed by atoms with Crippen LogP contribution in [0.3, 0.4) is 0 Å². The molecule has 0 aliphatic rings. The molecular formula is C22H25NO5. The van der Waals surface area contributed by atoms with Crippen molar-refractivity contribution in [3.8, 4) is 5.75 Å². The Balaban J connectivity index is 2.17. The Labute approximate surface area is 164 Å². The van der Waals surface area contributed by atoms with Gasteiger partial charge in [-0.2, -0.15) is 0 Å². The van der Waals surface area contributed by atoms with Crippen molar-refractivity contribution in [1.82, 2.24) is 5.32 Å². The number of hydrogen-bond acceptors (Lipinski definition) is 5. The van der Waals surface area contributed by atoms with Gasteiger partial charge >= 0.3 is 5.97 Å². The van der Waals surface area contributed by atoms with Crippen LogP contribution in [0.4, 0.5) is 0 Å². The molecule has 0 fully saturated rings. The fraction of sp³-hybridized carbons (Fsp3) is 0.318. The molecular weight excluding hydrogens is 358 g/mol. The molecule has 0 spiro atoms. The molecule has 0 aliphatic carbocycles. The van der Waals surface area contributed by atoms with Crippen LogP contribution in [0.2, 0.25) is 0 Å².